The molecule has 0 spiro atoms. The van der Waals surface area contributed by atoms with Gasteiger partial charge in [0, 0.05) is 17.9 Å². The fraction of sp³-hybridized carbons (Fsp3) is 0.385. The molecule has 7 nitrogen and oxygen atoms in total. The number of benzene rings is 1. The minimum absolute atomic E-state index is 0.0150. The number of carboxylic acid groups (broad SMARTS) is 1. The van der Waals surface area contributed by atoms with Gasteiger partial charge in [-0.3, -0.25) is 14.1 Å². The van der Waals surface area contributed by atoms with Gasteiger partial charge in [0.1, 0.15) is 11.8 Å². The van der Waals surface area contributed by atoms with Crippen LogP contribution < -0.4 is 5.73 Å². The summed E-state index contributed by atoms with van der Waals surface area (Å²) in [5, 5.41) is 8.74. The lowest BCUT2D eigenvalue weighted by Gasteiger charge is -2.09. The van der Waals surface area contributed by atoms with Crippen LogP contribution in [-0.2, 0) is 26.1 Å². The van der Waals surface area contributed by atoms with Gasteiger partial charge < -0.3 is 10.8 Å². The SMILES string of the molecule is Cc1c(Cl)cc(CC(=O)CC[C@H](N)C(=O)O)cc1S(=O)(=O)O. The van der Waals surface area contributed by atoms with Gasteiger partial charge in [0.05, 0.1) is 4.90 Å². The number of hydrogen-bond acceptors (Lipinski definition) is 5. The van der Waals surface area contributed by atoms with Crippen LogP contribution in [0.3, 0.4) is 0 Å². The highest BCUT2D eigenvalue weighted by atomic mass is 35.5. The Labute approximate surface area is 132 Å². The molecule has 0 saturated carbocycles. The molecule has 0 aliphatic rings. The van der Waals surface area contributed by atoms with E-state index in [-0.39, 0.29) is 40.5 Å². The number of Topliss-reactive ketones (excluding diaryl/α,β-unsaturated/α-hetero) is 1. The van der Waals surface area contributed by atoms with E-state index in [0.717, 1.165) is 0 Å². The van der Waals surface area contributed by atoms with E-state index in [1.807, 2.05) is 0 Å². The predicted octanol–water partition coefficient (Wildman–Crippen LogP) is 1.20. The summed E-state index contributed by atoms with van der Waals surface area (Å²) in [5.74, 6) is -1.50. The van der Waals surface area contributed by atoms with Gasteiger partial charge in [-0.25, -0.2) is 0 Å². The zero-order valence-corrected chi connectivity index (χ0v) is 13.3. The molecule has 122 valence electrons. The Hall–Kier alpha value is -1.48. The summed E-state index contributed by atoms with van der Waals surface area (Å²) in [6.07, 6.45) is -0.200. The highest BCUT2D eigenvalue weighted by Gasteiger charge is 2.18. The first-order chi connectivity index (χ1) is 10.0. The van der Waals surface area contributed by atoms with Crippen LogP contribution in [-0.4, -0.2) is 35.9 Å². The van der Waals surface area contributed by atoms with Crippen molar-refractivity contribution in [3.05, 3.63) is 28.3 Å². The minimum atomic E-state index is -4.44. The number of ketones is 1. The molecule has 1 aromatic rings. The lowest BCUT2D eigenvalue weighted by Crippen LogP contribution is -2.30. The Balaban J connectivity index is 2.89. The summed E-state index contributed by atoms with van der Waals surface area (Å²) in [4.78, 5) is 22.0. The molecule has 22 heavy (non-hydrogen) atoms. The molecule has 0 saturated heterocycles. The van der Waals surface area contributed by atoms with Gasteiger partial charge >= 0.3 is 5.97 Å². The Kier molecular flexibility index (Phi) is 6.07. The van der Waals surface area contributed by atoms with Crippen molar-refractivity contribution in [1.82, 2.24) is 0 Å². The molecule has 9 heteroatoms. The summed E-state index contributed by atoms with van der Waals surface area (Å²) < 4.78 is 31.7. The molecule has 1 aromatic carbocycles. The highest BCUT2D eigenvalue weighted by Crippen LogP contribution is 2.25. The molecule has 0 heterocycles. The summed E-state index contributed by atoms with van der Waals surface area (Å²) in [7, 11) is -4.44. The highest BCUT2D eigenvalue weighted by molar-refractivity contribution is 7.85. The molecule has 0 aromatic heterocycles. The average Bonchev–Trinajstić information content (AvgIpc) is 2.38. The van der Waals surface area contributed by atoms with Crippen LogP contribution in [0.2, 0.25) is 5.02 Å². The van der Waals surface area contributed by atoms with Gasteiger partial charge in [0.25, 0.3) is 10.1 Å². The van der Waals surface area contributed by atoms with Crippen molar-refractivity contribution < 1.29 is 27.7 Å². The largest absolute Gasteiger partial charge is 0.480 e. The third-order valence-electron chi connectivity index (χ3n) is 3.09. The van der Waals surface area contributed by atoms with Gasteiger partial charge in [-0.05, 0) is 36.6 Å². The number of carbonyl (C=O) groups is 2. The minimum Gasteiger partial charge on any atom is -0.480 e. The van der Waals surface area contributed by atoms with E-state index in [0.29, 0.717) is 5.56 Å². The number of aliphatic carboxylic acids is 1. The number of hydrogen-bond donors (Lipinski definition) is 3. The molecule has 1 rings (SSSR count). The molecular formula is C13H16ClNO6S. The van der Waals surface area contributed by atoms with Gasteiger partial charge in [0.15, 0.2) is 0 Å². The maximum Gasteiger partial charge on any atom is 0.320 e. The topological polar surface area (TPSA) is 135 Å². The monoisotopic (exact) mass is 349 g/mol. The average molecular weight is 350 g/mol. The molecule has 0 unspecified atom stereocenters. The van der Waals surface area contributed by atoms with E-state index in [1.165, 1.54) is 19.1 Å². The van der Waals surface area contributed by atoms with Crippen LogP contribution in [0.4, 0.5) is 0 Å². The summed E-state index contributed by atoms with van der Waals surface area (Å²) in [5.41, 5.74) is 5.80. The van der Waals surface area contributed by atoms with E-state index in [2.05, 4.69) is 0 Å². The second kappa shape index (κ2) is 7.19. The van der Waals surface area contributed by atoms with Crippen LogP contribution >= 0.6 is 11.6 Å². The second-order valence-corrected chi connectivity index (χ2v) is 6.67. The first-order valence-electron chi connectivity index (χ1n) is 6.29. The van der Waals surface area contributed by atoms with E-state index in [4.69, 9.17) is 27.0 Å². The maximum atomic E-state index is 11.8. The van der Waals surface area contributed by atoms with Crippen molar-refractivity contribution in [2.45, 2.75) is 37.1 Å². The molecule has 1 atom stereocenters. The fourth-order valence-electron chi connectivity index (χ4n) is 1.83. The lowest BCUT2D eigenvalue weighted by atomic mass is 10.0. The molecular weight excluding hydrogens is 334 g/mol. The van der Waals surface area contributed by atoms with Crippen molar-refractivity contribution in [2.24, 2.45) is 5.73 Å². The van der Waals surface area contributed by atoms with Gasteiger partial charge in [0.2, 0.25) is 0 Å². The Morgan fingerprint density at radius 3 is 2.45 bits per heavy atom. The standard InChI is InChI=1S/C13H16ClNO6S/c1-7-10(14)5-8(6-12(7)22(19,20)21)4-9(16)2-3-11(15)13(17)18/h5-6,11H,2-4,15H2,1H3,(H,17,18)(H,19,20,21)/t11-/m0/s1. The first-order valence-corrected chi connectivity index (χ1v) is 8.10. The Morgan fingerprint density at radius 2 is 1.95 bits per heavy atom. The molecule has 0 aliphatic heterocycles. The maximum absolute atomic E-state index is 11.8. The smallest absolute Gasteiger partial charge is 0.320 e. The second-order valence-electron chi connectivity index (χ2n) is 4.87. The number of carboxylic acids is 1. The number of rotatable bonds is 7. The van der Waals surface area contributed by atoms with Crippen LogP contribution in [0.1, 0.15) is 24.0 Å². The zero-order chi connectivity index (χ0) is 17.1. The van der Waals surface area contributed by atoms with Gasteiger partial charge in [-0.2, -0.15) is 8.42 Å². The lowest BCUT2D eigenvalue weighted by molar-refractivity contribution is -0.138. The van der Waals surface area contributed by atoms with Crippen LogP contribution in [0.15, 0.2) is 17.0 Å². The van der Waals surface area contributed by atoms with Crippen molar-refractivity contribution in [2.75, 3.05) is 0 Å². The van der Waals surface area contributed by atoms with Crippen molar-refractivity contribution >= 4 is 33.5 Å². The van der Waals surface area contributed by atoms with E-state index >= 15 is 0 Å². The Morgan fingerprint density at radius 1 is 1.36 bits per heavy atom. The van der Waals surface area contributed by atoms with Gasteiger partial charge in [-0.1, -0.05) is 11.6 Å². The van der Waals surface area contributed by atoms with E-state index < -0.39 is 22.1 Å². The summed E-state index contributed by atoms with van der Waals surface area (Å²) >= 11 is 5.89. The zero-order valence-electron chi connectivity index (χ0n) is 11.7. The van der Waals surface area contributed by atoms with E-state index in [9.17, 15) is 18.0 Å². The molecule has 0 fully saturated rings. The van der Waals surface area contributed by atoms with Crippen molar-refractivity contribution in [3.63, 3.8) is 0 Å². The first kappa shape index (κ1) is 18.6. The third kappa shape index (κ3) is 5.06. The molecule has 4 N–H and O–H groups in total. The fourth-order valence-corrected chi connectivity index (χ4v) is 2.93. The van der Waals surface area contributed by atoms with Crippen molar-refractivity contribution in [1.29, 1.82) is 0 Å². The molecule has 0 radical (unpaired) electrons. The molecule has 0 bridgehead atoms. The van der Waals surface area contributed by atoms with Gasteiger partial charge in [-0.15, -0.1) is 0 Å². The Bertz CT molecular complexity index is 701. The summed E-state index contributed by atoms with van der Waals surface area (Å²) in [6, 6.07) is 1.48. The third-order valence-corrected chi connectivity index (χ3v) is 4.46. The normalized spacial score (nSPS) is 12.9. The van der Waals surface area contributed by atoms with Crippen LogP contribution in [0, 0.1) is 6.92 Å². The van der Waals surface area contributed by atoms with Crippen LogP contribution in [0.25, 0.3) is 0 Å². The number of halogens is 1. The number of nitrogens with two attached hydrogens (primary N) is 1. The van der Waals surface area contributed by atoms with Crippen molar-refractivity contribution in [3.8, 4) is 0 Å². The quantitative estimate of drug-likeness (QED) is 0.629. The molecule has 0 amide bonds. The predicted molar refractivity (Wildman–Crippen MR) is 79.6 cm³/mol. The van der Waals surface area contributed by atoms with E-state index in [1.54, 1.807) is 0 Å². The molecule has 0 aliphatic carbocycles. The number of carbonyl (C=O) groups excluding carboxylic acids is 1. The van der Waals surface area contributed by atoms with Crippen LogP contribution in [0.5, 0.6) is 0 Å². The summed E-state index contributed by atoms with van der Waals surface area (Å²) in [6.45, 7) is 1.43.